The number of rotatable bonds is 5. The molecule has 13 heteroatoms. The zero-order valence-corrected chi connectivity index (χ0v) is 18.5. The van der Waals surface area contributed by atoms with E-state index in [4.69, 9.17) is 4.52 Å². The lowest BCUT2D eigenvalue weighted by Crippen LogP contribution is -2.50. The van der Waals surface area contributed by atoms with Crippen molar-refractivity contribution >= 4 is 17.4 Å². The molecule has 2 amide bonds. The number of hydrogen-bond donors (Lipinski definition) is 1. The smallest absolute Gasteiger partial charge is 0.337 e. The molecule has 1 N–H and O–H groups in total. The quantitative estimate of drug-likeness (QED) is 0.411. The number of nitrogens with one attached hydrogen (secondary N) is 1. The summed E-state index contributed by atoms with van der Waals surface area (Å²) < 4.78 is 44.3. The van der Waals surface area contributed by atoms with E-state index in [1.807, 2.05) is 11.8 Å². The van der Waals surface area contributed by atoms with Crippen molar-refractivity contribution in [3.8, 4) is 11.4 Å². The molecule has 1 saturated heterocycles. The highest BCUT2D eigenvalue weighted by Crippen LogP contribution is 2.32. The van der Waals surface area contributed by atoms with Crippen LogP contribution in [0.25, 0.3) is 11.4 Å². The molecule has 1 aliphatic rings. The number of amides is 2. The van der Waals surface area contributed by atoms with E-state index in [1.54, 1.807) is 11.0 Å². The number of nitro benzene ring substituents is 1. The Hall–Kier alpha value is -4.00. The third-order valence-electron chi connectivity index (χ3n) is 5.70. The summed E-state index contributed by atoms with van der Waals surface area (Å²) in [7, 11) is 0. The predicted octanol–water partition coefficient (Wildman–Crippen LogP) is 4.57. The molecule has 2 aromatic carbocycles. The molecule has 0 radical (unpaired) electrons. The maximum atomic E-state index is 13.0. The zero-order valence-electron chi connectivity index (χ0n) is 18.5. The maximum Gasteiger partial charge on any atom is 0.416 e. The number of piperazine rings is 1. The van der Waals surface area contributed by atoms with Gasteiger partial charge in [0.25, 0.3) is 5.69 Å². The molecule has 184 valence electrons. The standard InChI is InChI=1S/C22H21F3N6O4/c1-14(20-27-19(28-35-20)15-4-2-5-16(12-15)22(23,24)25)29-8-10-30(11-9-29)21(32)26-17-6-3-7-18(13-17)31(33)34/h2-7,12-14H,8-11H2,1H3,(H,26,32). The first-order valence-electron chi connectivity index (χ1n) is 10.7. The van der Waals surface area contributed by atoms with E-state index < -0.39 is 16.7 Å². The van der Waals surface area contributed by atoms with Gasteiger partial charge in [-0.1, -0.05) is 23.4 Å². The average Bonchev–Trinajstić information content (AvgIpc) is 3.34. The van der Waals surface area contributed by atoms with Crippen molar-refractivity contribution < 1.29 is 27.4 Å². The molecule has 1 atom stereocenters. The number of halogens is 3. The summed E-state index contributed by atoms with van der Waals surface area (Å²) >= 11 is 0. The Bertz CT molecular complexity index is 1220. The van der Waals surface area contributed by atoms with E-state index in [9.17, 15) is 28.1 Å². The highest BCUT2D eigenvalue weighted by Gasteiger charge is 2.31. The first-order chi connectivity index (χ1) is 16.6. The summed E-state index contributed by atoms with van der Waals surface area (Å²) in [6.07, 6.45) is -4.48. The fraction of sp³-hybridized carbons (Fsp3) is 0.318. The van der Waals surface area contributed by atoms with Crippen LogP contribution >= 0.6 is 0 Å². The second-order valence-electron chi connectivity index (χ2n) is 7.97. The van der Waals surface area contributed by atoms with E-state index in [-0.39, 0.29) is 35.0 Å². The molecule has 35 heavy (non-hydrogen) atoms. The Balaban J connectivity index is 1.35. The zero-order chi connectivity index (χ0) is 25.2. The Morgan fingerprint density at radius 1 is 1.14 bits per heavy atom. The molecule has 1 aliphatic heterocycles. The molecule has 1 aromatic heterocycles. The summed E-state index contributed by atoms with van der Waals surface area (Å²) in [6, 6.07) is 9.71. The highest BCUT2D eigenvalue weighted by atomic mass is 19.4. The monoisotopic (exact) mass is 490 g/mol. The summed E-state index contributed by atoms with van der Waals surface area (Å²) in [5, 5.41) is 17.4. The van der Waals surface area contributed by atoms with E-state index in [1.165, 1.54) is 30.3 Å². The number of carbonyl (C=O) groups is 1. The van der Waals surface area contributed by atoms with Crippen LogP contribution in [-0.2, 0) is 6.18 Å². The van der Waals surface area contributed by atoms with Gasteiger partial charge in [-0.15, -0.1) is 0 Å². The van der Waals surface area contributed by atoms with Crippen LogP contribution in [0.2, 0.25) is 0 Å². The van der Waals surface area contributed by atoms with Gasteiger partial charge >= 0.3 is 12.2 Å². The fourth-order valence-electron chi connectivity index (χ4n) is 3.73. The lowest BCUT2D eigenvalue weighted by molar-refractivity contribution is -0.384. The summed E-state index contributed by atoms with van der Waals surface area (Å²) in [5.41, 5.74) is -0.392. The average molecular weight is 490 g/mol. The molecular formula is C22H21F3N6O4. The Labute approximate surface area is 197 Å². The number of alkyl halides is 3. The SMILES string of the molecule is CC(c1nc(-c2cccc(C(F)(F)F)c2)no1)N1CCN(C(=O)Nc2cccc([N+](=O)[O-])c2)CC1. The molecule has 2 heterocycles. The number of nitro groups is 1. The molecule has 4 rings (SSSR count). The van der Waals surface area contributed by atoms with Crippen LogP contribution in [-0.4, -0.2) is 57.1 Å². The van der Waals surface area contributed by atoms with Crippen LogP contribution < -0.4 is 5.32 Å². The van der Waals surface area contributed by atoms with Gasteiger partial charge in [-0.25, -0.2) is 4.79 Å². The fourth-order valence-corrected chi connectivity index (χ4v) is 3.73. The van der Waals surface area contributed by atoms with Crippen molar-refractivity contribution in [2.45, 2.75) is 19.1 Å². The van der Waals surface area contributed by atoms with E-state index in [2.05, 4.69) is 15.5 Å². The van der Waals surface area contributed by atoms with Gasteiger partial charge in [0.05, 0.1) is 16.5 Å². The van der Waals surface area contributed by atoms with Gasteiger partial charge in [0.15, 0.2) is 0 Å². The predicted molar refractivity (Wildman–Crippen MR) is 118 cm³/mol. The van der Waals surface area contributed by atoms with E-state index in [0.717, 1.165) is 12.1 Å². The van der Waals surface area contributed by atoms with Gasteiger partial charge in [-0.05, 0) is 25.1 Å². The molecule has 0 bridgehead atoms. The molecule has 0 spiro atoms. The van der Waals surface area contributed by atoms with Crippen molar-refractivity contribution in [3.63, 3.8) is 0 Å². The summed E-state index contributed by atoms with van der Waals surface area (Å²) in [5.74, 6) is 0.319. The van der Waals surface area contributed by atoms with Crippen LogP contribution in [0.3, 0.4) is 0 Å². The van der Waals surface area contributed by atoms with Gasteiger partial charge in [0, 0.05) is 49.6 Å². The molecule has 1 unspecified atom stereocenters. The van der Waals surface area contributed by atoms with Gasteiger partial charge in [0.1, 0.15) is 0 Å². The number of anilines is 1. The van der Waals surface area contributed by atoms with Gasteiger partial charge in [-0.3, -0.25) is 15.0 Å². The van der Waals surface area contributed by atoms with Crippen LogP contribution in [0, 0.1) is 10.1 Å². The highest BCUT2D eigenvalue weighted by molar-refractivity contribution is 5.89. The van der Waals surface area contributed by atoms with Crippen LogP contribution in [0.15, 0.2) is 53.1 Å². The number of carbonyl (C=O) groups excluding carboxylic acids is 1. The van der Waals surface area contributed by atoms with Crippen molar-refractivity contribution in [1.82, 2.24) is 19.9 Å². The summed E-state index contributed by atoms with van der Waals surface area (Å²) in [6.45, 7) is 3.59. The van der Waals surface area contributed by atoms with Crippen molar-refractivity contribution in [2.75, 3.05) is 31.5 Å². The number of nitrogens with zero attached hydrogens (tertiary/aromatic N) is 5. The van der Waals surface area contributed by atoms with Crippen molar-refractivity contribution in [2.24, 2.45) is 0 Å². The lowest BCUT2D eigenvalue weighted by Gasteiger charge is -2.36. The van der Waals surface area contributed by atoms with E-state index in [0.29, 0.717) is 31.9 Å². The maximum absolute atomic E-state index is 13.0. The molecule has 10 nitrogen and oxygen atoms in total. The summed E-state index contributed by atoms with van der Waals surface area (Å²) in [4.78, 5) is 30.8. The number of urea groups is 1. The first kappa shape index (κ1) is 24.1. The number of aromatic nitrogens is 2. The molecule has 3 aromatic rings. The minimum absolute atomic E-state index is 0.0629. The minimum Gasteiger partial charge on any atom is -0.337 e. The largest absolute Gasteiger partial charge is 0.416 e. The first-order valence-corrected chi connectivity index (χ1v) is 10.7. The number of non-ortho nitro benzene ring substituents is 1. The lowest BCUT2D eigenvalue weighted by atomic mass is 10.1. The van der Waals surface area contributed by atoms with Crippen LogP contribution in [0.1, 0.15) is 24.4 Å². The van der Waals surface area contributed by atoms with Crippen molar-refractivity contribution in [3.05, 3.63) is 70.1 Å². The Morgan fingerprint density at radius 3 is 2.54 bits per heavy atom. The van der Waals surface area contributed by atoms with Gasteiger partial charge < -0.3 is 14.7 Å². The molecular weight excluding hydrogens is 469 g/mol. The normalized spacial score (nSPS) is 15.6. The van der Waals surface area contributed by atoms with Crippen molar-refractivity contribution in [1.29, 1.82) is 0 Å². The van der Waals surface area contributed by atoms with Gasteiger partial charge in [-0.2, -0.15) is 18.2 Å². The molecule has 0 aliphatic carbocycles. The van der Waals surface area contributed by atoms with Crippen LogP contribution in [0.4, 0.5) is 29.3 Å². The molecule has 1 fully saturated rings. The topological polar surface area (TPSA) is 118 Å². The molecule has 0 saturated carbocycles. The Kier molecular flexibility index (Phi) is 6.69. The van der Waals surface area contributed by atoms with E-state index >= 15 is 0 Å². The number of benzene rings is 2. The van der Waals surface area contributed by atoms with Crippen LogP contribution in [0.5, 0.6) is 0 Å². The second kappa shape index (κ2) is 9.70. The van der Waals surface area contributed by atoms with Gasteiger partial charge in [0.2, 0.25) is 11.7 Å². The third-order valence-corrected chi connectivity index (χ3v) is 5.70. The third kappa shape index (κ3) is 5.57. The second-order valence-corrected chi connectivity index (χ2v) is 7.97. The Morgan fingerprint density at radius 2 is 1.86 bits per heavy atom. The minimum atomic E-state index is -4.48. The number of hydrogen-bond acceptors (Lipinski definition) is 7.